The molecule has 5 nitrogen and oxygen atoms in total. The maximum Gasteiger partial charge on any atom is 0.278 e. The van der Waals surface area contributed by atoms with E-state index in [-0.39, 0.29) is 5.91 Å². The normalized spacial score (nSPS) is 16.2. The van der Waals surface area contributed by atoms with Crippen molar-refractivity contribution in [1.29, 1.82) is 0 Å². The van der Waals surface area contributed by atoms with Crippen molar-refractivity contribution in [3.05, 3.63) is 94.5 Å². The van der Waals surface area contributed by atoms with Crippen molar-refractivity contribution in [2.75, 3.05) is 12.4 Å². The number of fused-ring (bicyclic) bond motifs is 1. The lowest BCUT2D eigenvalue weighted by Crippen LogP contribution is -2.40. The van der Waals surface area contributed by atoms with Gasteiger partial charge in [-0.15, -0.1) is 0 Å². The lowest BCUT2D eigenvalue weighted by Gasteiger charge is -2.35. The zero-order valence-corrected chi connectivity index (χ0v) is 16.9. The van der Waals surface area contributed by atoms with Crippen molar-refractivity contribution in [1.82, 2.24) is 5.01 Å². The zero-order chi connectivity index (χ0) is 20.4. The van der Waals surface area contributed by atoms with Crippen molar-refractivity contribution in [3.63, 3.8) is 0 Å². The molecule has 1 heterocycles. The summed E-state index contributed by atoms with van der Waals surface area (Å²) in [7, 11) is 1.63. The van der Waals surface area contributed by atoms with Gasteiger partial charge in [-0.2, -0.15) is 5.10 Å². The highest BCUT2D eigenvalue weighted by molar-refractivity contribution is 6.30. The van der Waals surface area contributed by atoms with Crippen LogP contribution in [0.1, 0.15) is 34.6 Å². The fourth-order valence-electron chi connectivity index (χ4n) is 3.30. The molecule has 6 heteroatoms. The monoisotopic (exact) mass is 405 g/mol. The number of anilines is 1. The fraction of sp³-hybridized carbons (Fsp3) is 0.130. The number of carbonyl (C=O) groups excluding carboxylic acids is 1. The van der Waals surface area contributed by atoms with E-state index in [0.717, 1.165) is 22.6 Å². The number of benzene rings is 3. The van der Waals surface area contributed by atoms with Crippen LogP contribution in [0, 0.1) is 0 Å². The summed E-state index contributed by atoms with van der Waals surface area (Å²) in [5.41, 5.74) is 3.83. The lowest BCUT2D eigenvalue weighted by molar-refractivity contribution is 0.0690. The molecule has 0 saturated heterocycles. The van der Waals surface area contributed by atoms with Crippen LogP contribution in [0.15, 0.2) is 77.9 Å². The number of para-hydroxylation sites is 1. The number of methoxy groups -OCH3 is 1. The third-order valence-corrected chi connectivity index (χ3v) is 5.07. The fourth-order valence-corrected chi connectivity index (χ4v) is 3.50. The largest absolute Gasteiger partial charge is 0.497 e. The lowest BCUT2D eigenvalue weighted by atomic mass is 10.0. The first-order valence-electron chi connectivity index (χ1n) is 9.21. The summed E-state index contributed by atoms with van der Waals surface area (Å²) in [6, 6.07) is 22.4. The average Bonchev–Trinajstić information content (AvgIpc) is 2.75. The van der Waals surface area contributed by atoms with Gasteiger partial charge in [-0.1, -0.05) is 35.9 Å². The van der Waals surface area contributed by atoms with Crippen LogP contribution in [0.5, 0.6) is 5.75 Å². The maximum absolute atomic E-state index is 13.3. The zero-order valence-electron chi connectivity index (χ0n) is 16.1. The first kappa shape index (κ1) is 19.0. The molecule has 0 aromatic heterocycles. The van der Waals surface area contributed by atoms with Crippen molar-refractivity contribution in [2.24, 2.45) is 5.10 Å². The highest BCUT2D eigenvalue weighted by atomic mass is 35.5. The first-order chi connectivity index (χ1) is 14.1. The van der Waals surface area contributed by atoms with Crippen molar-refractivity contribution < 1.29 is 9.53 Å². The van der Waals surface area contributed by atoms with Crippen LogP contribution in [0.25, 0.3) is 0 Å². The summed E-state index contributed by atoms with van der Waals surface area (Å²) in [6.45, 7) is 1.88. The quantitative estimate of drug-likeness (QED) is 0.596. The summed E-state index contributed by atoms with van der Waals surface area (Å²) in [6.07, 6.45) is -0.468. The molecule has 1 aliphatic heterocycles. The van der Waals surface area contributed by atoms with E-state index in [1.807, 2.05) is 67.6 Å². The SMILES string of the molecule is COc1ccc(/C(C)=N\N2C(=O)c3ccccc3N[C@H]2c2cccc(Cl)c2)cc1. The molecule has 0 fully saturated rings. The van der Waals surface area contributed by atoms with Crippen LogP contribution in [0.2, 0.25) is 5.02 Å². The van der Waals surface area contributed by atoms with Gasteiger partial charge < -0.3 is 10.1 Å². The van der Waals surface area contributed by atoms with Crippen LogP contribution >= 0.6 is 11.6 Å². The number of ether oxygens (including phenoxy) is 1. The Morgan fingerprint density at radius 2 is 1.83 bits per heavy atom. The second-order valence-electron chi connectivity index (χ2n) is 6.71. The van der Waals surface area contributed by atoms with Gasteiger partial charge in [0.15, 0.2) is 6.17 Å². The van der Waals surface area contributed by atoms with Gasteiger partial charge in [-0.05, 0) is 66.6 Å². The number of hydrogen-bond donors (Lipinski definition) is 1. The van der Waals surface area contributed by atoms with Gasteiger partial charge in [0.05, 0.1) is 18.4 Å². The highest BCUT2D eigenvalue weighted by Gasteiger charge is 2.33. The Hall–Kier alpha value is -3.31. The summed E-state index contributed by atoms with van der Waals surface area (Å²) in [5, 5.41) is 10.2. The van der Waals surface area contributed by atoms with E-state index in [1.54, 1.807) is 19.2 Å². The topological polar surface area (TPSA) is 53.9 Å². The van der Waals surface area contributed by atoms with E-state index in [4.69, 9.17) is 16.3 Å². The molecule has 1 aliphatic rings. The molecule has 0 spiro atoms. The Balaban J connectivity index is 1.77. The van der Waals surface area contributed by atoms with E-state index in [0.29, 0.717) is 16.3 Å². The number of carbonyl (C=O) groups is 1. The molecular weight excluding hydrogens is 386 g/mol. The van der Waals surface area contributed by atoms with Crippen LogP contribution in [0.4, 0.5) is 5.69 Å². The molecule has 1 amide bonds. The molecule has 4 rings (SSSR count). The summed E-state index contributed by atoms with van der Waals surface area (Å²) in [4.78, 5) is 13.3. The van der Waals surface area contributed by atoms with Gasteiger partial charge in [0.25, 0.3) is 5.91 Å². The molecule has 0 unspecified atom stereocenters. The van der Waals surface area contributed by atoms with Crippen molar-refractivity contribution in [3.8, 4) is 5.75 Å². The van der Waals surface area contributed by atoms with Crippen LogP contribution < -0.4 is 10.1 Å². The summed E-state index contributed by atoms with van der Waals surface area (Å²) < 4.78 is 5.21. The molecule has 146 valence electrons. The van der Waals surface area contributed by atoms with Gasteiger partial charge in [0, 0.05) is 10.7 Å². The second kappa shape index (κ2) is 7.97. The Morgan fingerprint density at radius 1 is 1.07 bits per heavy atom. The number of rotatable bonds is 4. The molecule has 1 atom stereocenters. The smallest absolute Gasteiger partial charge is 0.278 e. The minimum Gasteiger partial charge on any atom is -0.497 e. The van der Waals surface area contributed by atoms with E-state index in [2.05, 4.69) is 10.4 Å². The molecule has 1 N–H and O–H groups in total. The summed E-state index contributed by atoms with van der Waals surface area (Å²) in [5.74, 6) is 0.597. The summed E-state index contributed by atoms with van der Waals surface area (Å²) >= 11 is 6.20. The number of hydrazone groups is 1. The molecule has 0 saturated carbocycles. The van der Waals surface area contributed by atoms with Gasteiger partial charge in [-0.3, -0.25) is 4.79 Å². The molecule has 0 bridgehead atoms. The first-order valence-corrected chi connectivity index (χ1v) is 9.59. The third-order valence-electron chi connectivity index (χ3n) is 4.83. The molecule has 0 radical (unpaired) electrons. The third kappa shape index (κ3) is 3.82. The number of amides is 1. The second-order valence-corrected chi connectivity index (χ2v) is 7.15. The van der Waals surface area contributed by atoms with E-state index < -0.39 is 6.17 Å². The van der Waals surface area contributed by atoms with Crippen LogP contribution in [-0.4, -0.2) is 23.7 Å². The predicted molar refractivity (Wildman–Crippen MR) is 116 cm³/mol. The van der Waals surface area contributed by atoms with Crippen LogP contribution in [0.3, 0.4) is 0 Å². The van der Waals surface area contributed by atoms with Gasteiger partial charge in [-0.25, -0.2) is 5.01 Å². The Bertz CT molecular complexity index is 1080. The highest BCUT2D eigenvalue weighted by Crippen LogP contribution is 2.34. The molecule has 0 aliphatic carbocycles. The minimum atomic E-state index is -0.468. The number of nitrogens with one attached hydrogen (secondary N) is 1. The number of hydrogen-bond acceptors (Lipinski definition) is 4. The molecule has 29 heavy (non-hydrogen) atoms. The van der Waals surface area contributed by atoms with Crippen molar-refractivity contribution in [2.45, 2.75) is 13.1 Å². The standard InChI is InChI=1S/C23H20ClN3O2/c1-15(16-10-12-19(29-2)13-11-16)26-27-22(17-6-5-7-18(24)14-17)25-21-9-4-3-8-20(21)23(27)28/h3-14,22,25H,1-2H3/b26-15-/t22-/m1/s1. The van der Waals surface area contributed by atoms with E-state index >= 15 is 0 Å². The average molecular weight is 406 g/mol. The van der Waals surface area contributed by atoms with Gasteiger partial charge in [0.1, 0.15) is 5.75 Å². The number of nitrogens with zero attached hydrogens (tertiary/aromatic N) is 2. The van der Waals surface area contributed by atoms with E-state index in [1.165, 1.54) is 5.01 Å². The molecule has 3 aromatic rings. The Morgan fingerprint density at radius 3 is 2.55 bits per heavy atom. The molecular formula is C23H20ClN3O2. The Kier molecular flexibility index (Phi) is 5.23. The van der Waals surface area contributed by atoms with Gasteiger partial charge in [0.2, 0.25) is 0 Å². The molecule has 3 aromatic carbocycles. The number of halogens is 1. The van der Waals surface area contributed by atoms with E-state index in [9.17, 15) is 4.79 Å². The Labute approximate surface area is 174 Å². The van der Waals surface area contributed by atoms with Crippen LogP contribution in [-0.2, 0) is 0 Å². The maximum atomic E-state index is 13.3. The van der Waals surface area contributed by atoms with Crippen molar-refractivity contribution >= 4 is 28.9 Å². The van der Waals surface area contributed by atoms with Gasteiger partial charge >= 0.3 is 0 Å². The predicted octanol–water partition coefficient (Wildman–Crippen LogP) is 5.34. The minimum absolute atomic E-state index is 0.169.